The number of hydrogen-bond acceptors (Lipinski definition) is 2. The molecule has 0 radical (unpaired) electrons. The number of rotatable bonds is 10. The fourth-order valence-electron chi connectivity index (χ4n) is 10.4. The summed E-state index contributed by atoms with van der Waals surface area (Å²) in [6, 6.07) is 82.4. The molecule has 0 aromatic heterocycles. The van der Waals surface area contributed by atoms with E-state index in [1.165, 1.54) is 0 Å². The average molecular weight is 905 g/mol. The first-order valence-corrected chi connectivity index (χ1v) is 23.7. The average Bonchev–Trinajstić information content (AvgIpc) is 3.41. The highest BCUT2D eigenvalue weighted by atomic mass is 19.1. The molecule has 0 aliphatic heterocycles. The largest absolute Gasteiger partial charge is 0.307 e. The summed E-state index contributed by atoms with van der Waals surface area (Å²) in [6.45, 7) is 3.95. The van der Waals surface area contributed by atoms with Crippen LogP contribution in [0.25, 0.3) is 76.8 Å². The van der Waals surface area contributed by atoms with Crippen molar-refractivity contribution < 1.29 is 8.78 Å². The van der Waals surface area contributed by atoms with Crippen LogP contribution >= 0.6 is 0 Å². The van der Waals surface area contributed by atoms with Crippen molar-refractivity contribution in [2.75, 3.05) is 9.80 Å². The fraction of sp³-hybridized carbons (Fsp3) is 0.0303. The first-order valence-electron chi connectivity index (χ1n) is 23.7. The van der Waals surface area contributed by atoms with Crippen LogP contribution in [0, 0.1) is 25.5 Å². The Morgan fingerprint density at radius 2 is 0.600 bits per heavy atom. The van der Waals surface area contributed by atoms with Crippen molar-refractivity contribution >= 4 is 66.4 Å². The van der Waals surface area contributed by atoms with E-state index in [9.17, 15) is 0 Å². The minimum atomic E-state index is -0.317. The monoisotopic (exact) mass is 904 g/mol. The van der Waals surface area contributed by atoms with E-state index in [-0.39, 0.29) is 11.6 Å². The maximum Gasteiger partial charge on any atom is 0.147 e. The highest BCUT2D eigenvalue weighted by Gasteiger charge is 2.27. The molecule has 0 aliphatic rings. The lowest BCUT2D eigenvalue weighted by Gasteiger charge is -2.31. The number of halogens is 2. The van der Waals surface area contributed by atoms with Crippen LogP contribution in [0.4, 0.5) is 42.9 Å². The molecule has 0 amide bonds. The van der Waals surface area contributed by atoms with Gasteiger partial charge in [-0.05, 0) is 152 Å². The lowest BCUT2D eigenvalue weighted by Crippen LogP contribution is -2.15. The molecule has 12 rings (SSSR count). The van der Waals surface area contributed by atoms with Crippen LogP contribution in [0.5, 0.6) is 0 Å². The third-order valence-corrected chi connectivity index (χ3v) is 13.7. The summed E-state index contributed by atoms with van der Waals surface area (Å²) in [5, 5.41) is 6.12. The zero-order valence-corrected chi connectivity index (χ0v) is 38.7. The van der Waals surface area contributed by atoms with Gasteiger partial charge < -0.3 is 9.80 Å². The molecule has 0 atom stereocenters. The molecular weight excluding hydrogens is 859 g/mol. The molecule has 334 valence electrons. The van der Waals surface area contributed by atoms with Crippen LogP contribution in [0.1, 0.15) is 11.1 Å². The maximum absolute atomic E-state index is 16.8. The molecule has 70 heavy (non-hydrogen) atoms. The summed E-state index contributed by atoms with van der Waals surface area (Å²) in [6.07, 6.45) is 0. The van der Waals surface area contributed by atoms with E-state index >= 15 is 8.78 Å². The molecule has 0 aliphatic carbocycles. The van der Waals surface area contributed by atoms with Gasteiger partial charge in [0.15, 0.2) is 0 Å². The molecule has 0 unspecified atom stereocenters. The van der Waals surface area contributed by atoms with Crippen molar-refractivity contribution in [3.8, 4) is 44.5 Å². The van der Waals surface area contributed by atoms with E-state index in [1.54, 1.807) is 24.3 Å². The Labute approximate surface area is 406 Å². The Kier molecular flexibility index (Phi) is 10.7. The van der Waals surface area contributed by atoms with E-state index in [2.05, 4.69) is 192 Å². The second-order valence-electron chi connectivity index (χ2n) is 18.1. The van der Waals surface area contributed by atoms with Gasteiger partial charge in [0.1, 0.15) is 11.6 Å². The van der Waals surface area contributed by atoms with Gasteiger partial charge in [0.2, 0.25) is 0 Å². The van der Waals surface area contributed by atoms with Gasteiger partial charge in [0.05, 0.1) is 22.7 Å². The number of benzene rings is 12. The number of nitrogens with zero attached hydrogens (tertiary/aromatic N) is 2. The number of para-hydroxylation sites is 2. The summed E-state index contributed by atoms with van der Waals surface area (Å²) < 4.78 is 33.7. The van der Waals surface area contributed by atoms with Crippen LogP contribution in [-0.4, -0.2) is 0 Å². The van der Waals surface area contributed by atoms with Crippen molar-refractivity contribution in [3.63, 3.8) is 0 Å². The van der Waals surface area contributed by atoms with Crippen molar-refractivity contribution in [3.05, 3.63) is 265 Å². The van der Waals surface area contributed by atoms with E-state index < -0.39 is 0 Å². The summed E-state index contributed by atoms with van der Waals surface area (Å²) in [4.78, 5) is 4.21. The quantitative estimate of drug-likeness (QED) is 0.126. The van der Waals surface area contributed by atoms with Crippen molar-refractivity contribution in [2.45, 2.75) is 13.8 Å². The number of aryl methyl sites for hydroxylation is 2. The van der Waals surface area contributed by atoms with Gasteiger partial charge in [-0.3, -0.25) is 0 Å². The number of anilines is 6. The van der Waals surface area contributed by atoms with Crippen LogP contribution in [0.2, 0.25) is 0 Å². The van der Waals surface area contributed by atoms with Gasteiger partial charge in [-0.15, -0.1) is 0 Å². The minimum Gasteiger partial charge on any atom is -0.307 e. The topological polar surface area (TPSA) is 6.48 Å². The van der Waals surface area contributed by atoms with Crippen LogP contribution in [-0.2, 0) is 0 Å². The smallest absolute Gasteiger partial charge is 0.147 e. The molecule has 0 fully saturated rings. The molecule has 0 N–H and O–H groups in total. The standard InChI is InChI=1S/C66H46F2N2/c1-43-17-15-27-59(67)65(43)69(55-39-51(45-19-7-3-8-20-45)37-52(40-55)46-21-9-4-10-22-46)61-35-31-49-30-34-58-62(36-32-50-29-33-57(61)63(49)64(50)58)70(66-44(2)18-16-28-60(66)68)56-41-53(47-23-11-5-12-24-47)38-54(42-56)48-25-13-6-14-26-48/h3-42H,1-2H3. The van der Waals surface area contributed by atoms with Gasteiger partial charge in [-0.25, -0.2) is 8.78 Å². The van der Waals surface area contributed by atoms with Crippen molar-refractivity contribution in [1.82, 2.24) is 0 Å². The molecule has 12 aromatic rings. The summed E-state index contributed by atoms with van der Waals surface area (Å²) >= 11 is 0. The van der Waals surface area contributed by atoms with Crippen molar-refractivity contribution in [1.29, 1.82) is 0 Å². The Morgan fingerprint density at radius 3 is 0.914 bits per heavy atom. The third kappa shape index (κ3) is 7.51. The predicted octanol–water partition coefficient (Wildman–Crippen LogP) is 19.1. The van der Waals surface area contributed by atoms with Crippen LogP contribution < -0.4 is 9.80 Å². The normalized spacial score (nSPS) is 11.4. The zero-order chi connectivity index (χ0) is 47.3. The maximum atomic E-state index is 16.8. The highest BCUT2D eigenvalue weighted by Crippen LogP contribution is 2.50. The summed E-state index contributed by atoms with van der Waals surface area (Å²) in [5.41, 5.74) is 14.3. The minimum absolute atomic E-state index is 0.317. The molecule has 0 saturated carbocycles. The summed E-state index contributed by atoms with van der Waals surface area (Å²) in [5.74, 6) is -0.634. The number of hydrogen-bond donors (Lipinski definition) is 0. The SMILES string of the molecule is Cc1cccc(F)c1N(c1cc(-c2ccccc2)cc(-c2ccccc2)c1)c1ccc2ccc3c(N(c4cc(-c5ccccc5)cc(-c5ccccc5)c4)c4c(C)cccc4F)ccc4ccc1c2c43. The Morgan fingerprint density at radius 1 is 0.286 bits per heavy atom. The third-order valence-electron chi connectivity index (χ3n) is 13.7. The molecule has 4 heteroatoms. The molecule has 0 saturated heterocycles. The summed E-state index contributed by atoms with van der Waals surface area (Å²) in [7, 11) is 0. The van der Waals surface area contributed by atoms with Crippen LogP contribution in [0.3, 0.4) is 0 Å². The van der Waals surface area contributed by atoms with Gasteiger partial charge in [-0.1, -0.05) is 182 Å². The second-order valence-corrected chi connectivity index (χ2v) is 18.1. The van der Waals surface area contributed by atoms with E-state index in [0.29, 0.717) is 11.4 Å². The lowest BCUT2D eigenvalue weighted by molar-refractivity contribution is 0.627. The Hall–Kier alpha value is -8.86. The Bertz CT molecular complexity index is 3460. The van der Waals surface area contributed by atoms with Crippen LogP contribution in [0.15, 0.2) is 243 Å². The van der Waals surface area contributed by atoms with E-state index in [0.717, 1.165) is 111 Å². The molecule has 0 spiro atoms. The molecule has 2 nitrogen and oxygen atoms in total. The van der Waals surface area contributed by atoms with E-state index in [1.807, 2.05) is 50.2 Å². The van der Waals surface area contributed by atoms with Gasteiger partial charge in [0, 0.05) is 22.1 Å². The molecule has 12 aromatic carbocycles. The second kappa shape index (κ2) is 17.7. The first kappa shape index (κ1) is 42.5. The van der Waals surface area contributed by atoms with Crippen molar-refractivity contribution in [2.24, 2.45) is 0 Å². The predicted molar refractivity (Wildman–Crippen MR) is 291 cm³/mol. The molecule has 0 bridgehead atoms. The Balaban J connectivity index is 1.13. The van der Waals surface area contributed by atoms with E-state index in [4.69, 9.17) is 0 Å². The van der Waals surface area contributed by atoms with Gasteiger partial charge >= 0.3 is 0 Å². The highest BCUT2D eigenvalue weighted by molar-refractivity contribution is 6.28. The fourth-order valence-corrected chi connectivity index (χ4v) is 10.4. The van der Waals surface area contributed by atoms with Gasteiger partial charge in [-0.2, -0.15) is 0 Å². The first-order chi connectivity index (χ1) is 34.4. The lowest BCUT2D eigenvalue weighted by atomic mass is 9.91. The van der Waals surface area contributed by atoms with Gasteiger partial charge in [0.25, 0.3) is 0 Å². The molecular formula is C66H46F2N2. The molecule has 0 heterocycles. The zero-order valence-electron chi connectivity index (χ0n) is 38.7.